The lowest BCUT2D eigenvalue weighted by Gasteiger charge is -2.16. The molecule has 0 fully saturated rings. The quantitative estimate of drug-likeness (QED) is 0.911. The summed E-state index contributed by atoms with van der Waals surface area (Å²) in [5.41, 5.74) is 7.63. The van der Waals surface area contributed by atoms with Crippen molar-refractivity contribution < 1.29 is 4.39 Å². The lowest BCUT2D eigenvalue weighted by atomic mass is 9.92. The summed E-state index contributed by atoms with van der Waals surface area (Å²) >= 11 is 3.44. The molecule has 1 nitrogen and oxygen atoms in total. The van der Waals surface area contributed by atoms with Crippen molar-refractivity contribution in [2.75, 3.05) is 6.54 Å². The summed E-state index contributed by atoms with van der Waals surface area (Å²) in [4.78, 5) is 0. The molecule has 0 amide bonds. The average molecular weight is 308 g/mol. The largest absolute Gasteiger partial charge is 0.330 e. The van der Waals surface area contributed by atoms with Gasteiger partial charge in [0.1, 0.15) is 5.82 Å². The lowest BCUT2D eigenvalue weighted by molar-refractivity contribution is 0.576. The Kier molecular flexibility index (Phi) is 4.50. The van der Waals surface area contributed by atoms with Crippen LogP contribution in [0.1, 0.15) is 17.0 Å². The van der Waals surface area contributed by atoms with E-state index in [2.05, 4.69) is 15.9 Å². The molecule has 0 saturated heterocycles. The van der Waals surface area contributed by atoms with Crippen molar-refractivity contribution in [1.82, 2.24) is 0 Å². The van der Waals surface area contributed by atoms with Crippen molar-refractivity contribution in [1.29, 1.82) is 0 Å². The zero-order valence-electron chi connectivity index (χ0n) is 9.94. The van der Waals surface area contributed by atoms with Crippen LogP contribution in [0.15, 0.2) is 53.0 Å². The van der Waals surface area contributed by atoms with Crippen LogP contribution in [0.25, 0.3) is 0 Å². The Labute approximate surface area is 115 Å². The molecule has 1 unspecified atom stereocenters. The van der Waals surface area contributed by atoms with E-state index in [1.165, 1.54) is 6.07 Å². The van der Waals surface area contributed by atoms with E-state index >= 15 is 0 Å². The second-order valence-electron chi connectivity index (χ2n) is 4.29. The summed E-state index contributed by atoms with van der Waals surface area (Å²) < 4.78 is 14.8. The van der Waals surface area contributed by atoms with Gasteiger partial charge in [-0.3, -0.25) is 0 Å². The van der Waals surface area contributed by atoms with Crippen LogP contribution >= 0.6 is 15.9 Å². The number of benzene rings is 2. The van der Waals surface area contributed by atoms with Crippen LogP contribution in [0.4, 0.5) is 4.39 Å². The highest BCUT2D eigenvalue weighted by Gasteiger charge is 2.14. The Balaban J connectivity index is 2.23. The molecule has 94 valence electrons. The molecule has 0 aliphatic heterocycles. The van der Waals surface area contributed by atoms with E-state index in [9.17, 15) is 4.39 Å². The van der Waals surface area contributed by atoms with Crippen molar-refractivity contribution in [3.63, 3.8) is 0 Å². The Bertz CT molecular complexity index is 527. The van der Waals surface area contributed by atoms with Crippen molar-refractivity contribution >= 4 is 15.9 Å². The van der Waals surface area contributed by atoms with Gasteiger partial charge < -0.3 is 5.73 Å². The number of halogens is 2. The van der Waals surface area contributed by atoms with Crippen LogP contribution in [-0.4, -0.2) is 6.54 Å². The fourth-order valence-electron chi connectivity index (χ4n) is 2.07. The molecule has 0 aliphatic rings. The van der Waals surface area contributed by atoms with Crippen LogP contribution in [0, 0.1) is 5.82 Å². The Morgan fingerprint density at radius 2 is 1.89 bits per heavy atom. The molecule has 0 heterocycles. The first-order chi connectivity index (χ1) is 8.70. The molecule has 2 aromatic rings. The van der Waals surface area contributed by atoms with Crippen molar-refractivity contribution in [3.8, 4) is 0 Å². The normalized spacial score (nSPS) is 12.4. The molecule has 2 rings (SSSR count). The zero-order chi connectivity index (χ0) is 13.0. The minimum Gasteiger partial charge on any atom is -0.330 e. The summed E-state index contributed by atoms with van der Waals surface area (Å²) in [5.74, 6) is -0.163. The van der Waals surface area contributed by atoms with Gasteiger partial charge in [-0.15, -0.1) is 0 Å². The zero-order valence-corrected chi connectivity index (χ0v) is 11.5. The van der Waals surface area contributed by atoms with Gasteiger partial charge in [-0.1, -0.05) is 46.3 Å². The van der Waals surface area contributed by atoms with Gasteiger partial charge in [0.2, 0.25) is 0 Å². The van der Waals surface area contributed by atoms with Crippen LogP contribution in [0.3, 0.4) is 0 Å². The Morgan fingerprint density at radius 1 is 1.11 bits per heavy atom. The van der Waals surface area contributed by atoms with Gasteiger partial charge in [-0.2, -0.15) is 0 Å². The van der Waals surface area contributed by atoms with E-state index in [4.69, 9.17) is 5.73 Å². The van der Waals surface area contributed by atoms with E-state index < -0.39 is 0 Å². The third-order valence-corrected chi connectivity index (χ3v) is 3.49. The first kappa shape index (κ1) is 13.2. The summed E-state index contributed by atoms with van der Waals surface area (Å²) in [6.45, 7) is 0.438. The fraction of sp³-hybridized carbons (Fsp3) is 0.200. The standard InChI is InChI=1S/C15H15BrFN/c16-13-5-3-4-11(9-13)8-12(10-18)14-6-1-2-7-15(14)17/h1-7,9,12H,8,10,18H2. The molecule has 0 aromatic heterocycles. The minimum absolute atomic E-state index is 0.0144. The average Bonchev–Trinajstić information content (AvgIpc) is 2.37. The molecular weight excluding hydrogens is 293 g/mol. The second-order valence-corrected chi connectivity index (χ2v) is 5.20. The third-order valence-electron chi connectivity index (χ3n) is 3.00. The molecule has 0 saturated carbocycles. The number of hydrogen-bond donors (Lipinski definition) is 1. The lowest BCUT2D eigenvalue weighted by Crippen LogP contribution is -2.16. The van der Waals surface area contributed by atoms with Gasteiger partial charge in [0.25, 0.3) is 0 Å². The van der Waals surface area contributed by atoms with Crippen LogP contribution in [0.2, 0.25) is 0 Å². The topological polar surface area (TPSA) is 26.0 Å². The second kappa shape index (κ2) is 6.12. The fourth-order valence-corrected chi connectivity index (χ4v) is 2.52. The molecular formula is C15H15BrFN. The van der Waals surface area contributed by atoms with Crippen molar-refractivity contribution in [2.24, 2.45) is 5.73 Å². The molecule has 0 aliphatic carbocycles. The van der Waals surface area contributed by atoms with Gasteiger partial charge in [0.15, 0.2) is 0 Å². The van der Waals surface area contributed by atoms with Crippen LogP contribution in [0.5, 0.6) is 0 Å². The van der Waals surface area contributed by atoms with Gasteiger partial charge in [-0.25, -0.2) is 4.39 Å². The maximum atomic E-state index is 13.7. The SMILES string of the molecule is NCC(Cc1cccc(Br)c1)c1ccccc1F. The van der Waals surface area contributed by atoms with Gasteiger partial charge in [-0.05, 0) is 42.3 Å². The van der Waals surface area contributed by atoms with Gasteiger partial charge in [0.05, 0.1) is 0 Å². The number of hydrogen-bond acceptors (Lipinski definition) is 1. The molecule has 3 heteroatoms. The Hall–Kier alpha value is -1.19. The van der Waals surface area contributed by atoms with E-state index in [1.54, 1.807) is 6.07 Å². The maximum Gasteiger partial charge on any atom is 0.126 e. The summed E-state index contributed by atoms with van der Waals surface area (Å²) in [5, 5.41) is 0. The summed E-state index contributed by atoms with van der Waals surface area (Å²) in [6, 6.07) is 14.9. The number of nitrogens with two attached hydrogens (primary N) is 1. The molecule has 0 radical (unpaired) electrons. The predicted molar refractivity (Wildman–Crippen MR) is 76.0 cm³/mol. The first-order valence-electron chi connectivity index (χ1n) is 5.89. The smallest absolute Gasteiger partial charge is 0.126 e. The highest BCUT2D eigenvalue weighted by molar-refractivity contribution is 9.10. The Morgan fingerprint density at radius 3 is 2.56 bits per heavy atom. The molecule has 2 aromatic carbocycles. The summed E-state index contributed by atoms with van der Waals surface area (Å²) in [6.07, 6.45) is 0.747. The van der Waals surface area contributed by atoms with Gasteiger partial charge in [0, 0.05) is 10.4 Å². The van der Waals surface area contributed by atoms with Crippen molar-refractivity contribution in [3.05, 3.63) is 69.9 Å². The number of rotatable bonds is 4. The van der Waals surface area contributed by atoms with Crippen LogP contribution < -0.4 is 5.73 Å². The monoisotopic (exact) mass is 307 g/mol. The van der Waals surface area contributed by atoms with Gasteiger partial charge >= 0.3 is 0 Å². The highest BCUT2D eigenvalue weighted by Crippen LogP contribution is 2.23. The molecule has 18 heavy (non-hydrogen) atoms. The van der Waals surface area contributed by atoms with E-state index in [0.717, 1.165) is 16.5 Å². The molecule has 0 bridgehead atoms. The van der Waals surface area contributed by atoms with E-state index in [0.29, 0.717) is 12.1 Å². The van der Waals surface area contributed by atoms with E-state index in [1.807, 2.05) is 36.4 Å². The highest BCUT2D eigenvalue weighted by atomic mass is 79.9. The predicted octanol–water partition coefficient (Wildman–Crippen LogP) is 3.87. The minimum atomic E-state index is -0.178. The van der Waals surface area contributed by atoms with Crippen molar-refractivity contribution in [2.45, 2.75) is 12.3 Å². The third kappa shape index (κ3) is 3.18. The van der Waals surface area contributed by atoms with E-state index in [-0.39, 0.29) is 11.7 Å². The maximum absolute atomic E-state index is 13.7. The summed E-state index contributed by atoms with van der Waals surface area (Å²) in [7, 11) is 0. The molecule has 2 N–H and O–H groups in total. The first-order valence-corrected chi connectivity index (χ1v) is 6.69. The molecule has 1 atom stereocenters. The molecule has 0 spiro atoms. The van der Waals surface area contributed by atoms with Crippen LogP contribution in [-0.2, 0) is 6.42 Å².